The lowest BCUT2D eigenvalue weighted by atomic mass is 10.1. The highest BCUT2D eigenvalue weighted by molar-refractivity contribution is 4.74. The SMILES string of the molecule is CC(NN(C)C)C1CCCO1. The van der Waals surface area contributed by atoms with E-state index in [1.54, 1.807) is 0 Å². The Hall–Kier alpha value is -0.120. The summed E-state index contributed by atoms with van der Waals surface area (Å²) in [5.41, 5.74) is 3.29. The third-order valence-corrected chi connectivity index (χ3v) is 1.98. The molecule has 0 aromatic heterocycles. The van der Waals surface area contributed by atoms with Crippen molar-refractivity contribution in [2.75, 3.05) is 20.7 Å². The van der Waals surface area contributed by atoms with E-state index in [4.69, 9.17) is 4.74 Å². The third-order valence-electron chi connectivity index (χ3n) is 1.98. The van der Waals surface area contributed by atoms with Crippen LogP contribution in [-0.2, 0) is 4.74 Å². The Morgan fingerprint density at radius 1 is 1.55 bits per heavy atom. The fourth-order valence-corrected chi connectivity index (χ4v) is 1.49. The molecule has 0 aromatic carbocycles. The first kappa shape index (κ1) is 8.97. The van der Waals surface area contributed by atoms with E-state index in [-0.39, 0.29) is 0 Å². The van der Waals surface area contributed by atoms with Crippen molar-refractivity contribution in [1.29, 1.82) is 0 Å². The summed E-state index contributed by atoms with van der Waals surface area (Å²) in [5.74, 6) is 0. The lowest BCUT2D eigenvalue weighted by Gasteiger charge is -2.23. The molecule has 66 valence electrons. The smallest absolute Gasteiger partial charge is 0.0739 e. The predicted molar refractivity (Wildman–Crippen MR) is 45.3 cm³/mol. The second kappa shape index (κ2) is 4.04. The van der Waals surface area contributed by atoms with Crippen LogP contribution in [-0.4, -0.2) is 37.9 Å². The van der Waals surface area contributed by atoms with Crippen molar-refractivity contribution in [3.8, 4) is 0 Å². The number of nitrogens with zero attached hydrogens (tertiary/aromatic N) is 1. The van der Waals surface area contributed by atoms with Crippen LogP contribution < -0.4 is 5.43 Å². The van der Waals surface area contributed by atoms with Crippen LogP contribution in [0.15, 0.2) is 0 Å². The summed E-state index contributed by atoms with van der Waals surface area (Å²) in [7, 11) is 4.01. The highest BCUT2D eigenvalue weighted by Gasteiger charge is 2.21. The van der Waals surface area contributed by atoms with Crippen molar-refractivity contribution in [2.45, 2.75) is 31.9 Å². The standard InChI is InChI=1S/C8H18N2O/c1-7(9-10(2)3)8-5-4-6-11-8/h7-9H,4-6H2,1-3H3. The van der Waals surface area contributed by atoms with E-state index in [1.165, 1.54) is 12.8 Å². The van der Waals surface area contributed by atoms with Gasteiger partial charge in [-0.2, -0.15) is 0 Å². The molecule has 0 spiro atoms. The second-order valence-corrected chi connectivity index (χ2v) is 3.36. The molecule has 1 heterocycles. The maximum Gasteiger partial charge on any atom is 0.0739 e. The zero-order chi connectivity index (χ0) is 8.27. The molecule has 2 atom stereocenters. The first-order chi connectivity index (χ1) is 5.20. The minimum atomic E-state index is 0.414. The summed E-state index contributed by atoms with van der Waals surface area (Å²) in [5, 5.41) is 1.98. The first-order valence-electron chi connectivity index (χ1n) is 4.25. The van der Waals surface area contributed by atoms with E-state index in [9.17, 15) is 0 Å². The number of rotatable bonds is 3. The first-order valence-corrected chi connectivity index (χ1v) is 4.25. The van der Waals surface area contributed by atoms with Crippen LogP contribution in [0.5, 0.6) is 0 Å². The van der Waals surface area contributed by atoms with Gasteiger partial charge in [-0.25, -0.2) is 0 Å². The van der Waals surface area contributed by atoms with Crippen LogP contribution in [0.25, 0.3) is 0 Å². The molecule has 11 heavy (non-hydrogen) atoms. The molecular weight excluding hydrogens is 140 g/mol. The molecule has 0 aliphatic carbocycles. The fraction of sp³-hybridized carbons (Fsp3) is 1.00. The lowest BCUT2D eigenvalue weighted by Crippen LogP contribution is -2.44. The Morgan fingerprint density at radius 3 is 2.73 bits per heavy atom. The molecule has 1 aliphatic rings. The topological polar surface area (TPSA) is 24.5 Å². The number of hydrazine groups is 1. The van der Waals surface area contributed by atoms with Crippen molar-refractivity contribution in [3.05, 3.63) is 0 Å². The summed E-state index contributed by atoms with van der Waals surface area (Å²) in [6, 6.07) is 0.438. The minimum absolute atomic E-state index is 0.414. The fourth-order valence-electron chi connectivity index (χ4n) is 1.49. The molecule has 0 saturated carbocycles. The number of hydrogen-bond acceptors (Lipinski definition) is 3. The maximum atomic E-state index is 5.53. The average molecular weight is 158 g/mol. The molecule has 1 rings (SSSR count). The summed E-state index contributed by atoms with van der Waals surface area (Å²) in [6.07, 6.45) is 2.82. The van der Waals surface area contributed by atoms with E-state index in [2.05, 4.69) is 12.3 Å². The average Bonchev–Trinajstić information content (AvgIpc) is 2.35. The van der Waals surface area contributed by atoms with E-state index in [0.29, 0.717) is 12.1 Å². The van der Waals surface area contributed by atoms with E-state index < -0.39 is 0 Å². The van der Waals surface area contributed by atoms with Crippen LogP contribution >= 0.6 is 0 Å². The molecule has 0 radical (unpaired) electrons. The molecule has 0 amide bonds. The van der Waals surface area contributed by atoms with Gasteiger partial charge >= 0.3 is 0 Å². The molecular formula is C8H18N2O. The monoisotopic (exact) mass is 158 g/mol. The van der Waals surface area contributed by atoms with Crippen LogP contribution in [0.2, 0.25) is 0 Å². The van der Waals surface area contributed by atoms with Gasteiger partial charge in [0, 0.05) is 26.7 Å². The Kier molecular flexibility index (Phi) is 3.30. The molecule has 3 heteroatoms. The summed E-state index contributed by atoms with van der Waals surface area (Å²) in [6.45, 7) is 3.10. The van der Waals surface area contributed by atoms with Gasteiger partial charge in [-0.3, -0.25) is 10.4 Å². The molecule has 0 aromatic rings. The maximum absolute atomic E-state index is 5.53. The molecule has 0 bridgehead atoms. The van der Waals surface area contributed by atoms with Gasteiger partial charge in [-0.05, 0) is 19.8 Å². The molecule has 2 unspecified atom stereocenters. The highest BCUT2D eigenvalue weighted by Crippen LogP contribution is 2.15. The third kappa shape index (κ3) is 2.77. The van der Waals surface area contributed by atoms with Gasteiger partial charge in [0.15, 0.2) is 0 Å². The Morgan fingerprint density at radius 2 is 2.27 bits per heavy atom. The lowest BCUT2D eigenvalue weighted by molar-refractivity contribution is 0.0600. The number of ether oxygens (including phenoxy) is 1. The second-order valence-electron chi connectivity index (χ2n) is 3.36. The Bertz CT molecular complexity index is 111. The number of hydrogen-bond donors (Lipinski definition) is 1. The largest absolute Gasteiger partial charge is 0.377 e. The van der Waals surface area contributed by atoms with E-state index in [0.717, 1.165) is 6.61 Å². The van der Waals surface area contributed by atoms with Gasteiger partial charge in [0.25, 0.3) is 0 Å². The van der Waals surface area contributed by atoms with Gasteiger partial charge in [-0.15, -0.1) is 0 Å². The quantitative estimate of drug-likeness (QED) is 0.609. The van der Waals surface area contributed by atoms with E-state index in [1.807, 2.05) is 19.1 Å². The molecule has 3 nitrogen and oxygen atoms in total. The van der Waals surface area contributed by atoms with Gasteiger partial charge in [0.1, 0.15) is 0 Å². The van der Waals surface area contributed by atoms with Crippen LogP contribution in [0.3, 0.4) is 0 Å². The molecule has 1 N–H and O–H groups in total. The van der Waals surface area contributed by atoms with Gasteiger partial charge in [-0.1, -0.05) is 0 Å². The van der Waals surface area contributed by atoms with E-state index >= 15 is 0 Å². The van der Waals surface area contributed by atoms with Gasteiger partial charge < -0.3 is 4.74 Å². The molecule has 1 saturated heterocycles. The molecule has 1 fully saturated rings. The van der Waals surface area contributed by atoms with Crippen molar-refractivity contribution in [1.82, 2.24) is 10.4 Å². The number of nitrogens with one attached hydrogen (secondary N) is 1. The van der Waals surface area contributed by atoms with Crippen molar-refractivity contribution in [3.63, 3.8) is 0 Å². The summed E-state index contributed by atoms with van der Waals surface area (Å²) < 4.78 is 5.53. The highest BCUT2D eigenvalue weighted by atomic mass is 16.5. The van der Waals surface area contributed by atoms with Crippen LogP contribution in [0, 0.1) is 0 Å². The minimum Gasteiger partial charge on any atom is -0.377 e. The van der Waals surface area contributed by atoms with Crippen molar-refractivity contribution >= 4 is 0 Å². The predicted octanol–water partition coefficient (Wildman–Crippen LogP) is 0.620. The van der Waals surface area contributed by atoms with Crippen molar-refractivity contribution < 1.29 is 4.74 Å². The molecule has 1 aliphatic heterocycles. The zero-order valence-corrected chi connectivity index (χ0v) is 7.63. The van der Waals surface area contributed by atoms with Crippen LogP contribution in [0.1, 0.15) is 19.8 Å². The normalized spacial score (nSPS) is 27.8. The van der Waals surface area contributed by atoms with Gasteiger partial charge in [0.2, 0.25) is 0 Å². The summed E-state index contributed by atoms with van der Waals surface area (Å²) in [4.78, 5) is 0. The van der Waals surface area contributed by atoms with Gasteiger partial charge in [0.05, 0.1) is 6.10 Å². The van der Waals surface area contributed by atoms with Crippen molar-refractivity contribution in [2.24, 2.45) is 0 Å². The Balaban J connectivity index is 2.22. The summed E-state index contributed by atoms with van der Waals surface area (Å²) >= 11 is 0. The Labute approximate surface area is 68.7 Å². The zero-order valence-electron chi connectivity index (χ0n) is 7.63. The van der Waals surface area contributed by atoms with Crippen LogP contribution in [0.4, 0.5) is 0 Å².